The third kappa shape index (κ3) is 5.22. The topological polar surface area (TPSA) is 76.7 Å². The van der Waals surface area contributed by atoms with E-state index in [1.807, 2.05) is 30.3 Å². The number of nitrogens with one attached hydrogen (secondary N) is 2. The molecule has 2 N–H and O–H groups in total. The maximum absolute atomic E-state index is 12.4. The van der Waals surface area contributed by atoms with E-state index in [-0.39, 0.29) is 11.7 Å². The molecule has 1 aromatic heterocycles. The second-order valence-electron chi connectivity index (χ2n) is 6.09. The SMILES string of the molecule is CCOC(=O)c1cc(-c2ccccc2)sc1NC(=S)Nc1cccc(C(=O)OC)c1. The quantitative estimate of drug-likeness (QED) is 0.404. The van der Waals surface area contributed by atoms with Crippen LogP contribution in [0.1, 0.15) is 27.6 Å². The van der Waals surface area contributed by atoms with E-state index in [1.54, 1.807) is 37.3 Å². The lowest BCUT2D eigenvalue weighted by Gasteiger charge is -2.11. The normalized spacial score (nSPS) is 10.2. The van der Waals surface area contributed by atoms with Crippen LogP contribution in [0.15, 0.2) is 60.7 Å². The molecule has 3 rings (SSSR count). The van der Waals surface area contributed by atoms with Gasteiger partial charge in [0.2, 0.25) is 0 Å². The molecule has 0 bridgehead atoms. The van der Waals surface area contributed by atoms with Crippen LogP contribution < -0.4 is 10.6 Å². The van der Waals surface area contributed by atoms with Gasteiger partial charge in [-0.15, -0.1) is 11.3 Å². The number of rotatable bonds is 6. The molecular formula is C22H20N2O4S2. The van der Waals surface area contributed by atoms with E-state index < -0.39 is 11.9 Å². The minimum Gasteiger partial charge on any atom is -0.465 e. The Morgan fingerprint density at radius 1 is 1.00 bits per heavy atom. The summed E-state index contributed by atoms with van der Waals surface area (Å²) in [5, 5.41) is 6.96. The van der Waals surface area contributed by atoms with Gasteiger partial charge in [0.1, 0.15) is 5.00 Å². The highest BCUT2D eigenvalue weighted by Crippen LogP contribution is 2.36. The number of esters is 2. The van der Waals surface area contributed by atoms with Crippen molar-refractivity contribution in [3.05, 3.63) is 71.8 Å². The number of anilines is 2. The number of thiocarbonyl (C=S) groups is 1. The number of thiophene rings is 1. The Kier molecular flexibility index (Phi) is 7.16. The number of hydrogen-bond acceptors (Lipinski definition) is 6. The minimum atomic E-state index is -0.437. The molecule has 1 heterocycles. The van der Waals surface area contributed by atoms with Crippen molar-refractivity contribution in [3.8, 4) is 10.4 Å². The molecular weight excluding hydrogens is 420 g/mol. The van der Waals surface area contributed by atoms with Crippen LogP contribution in [0.2, 0.25) is 0 Å². The monoisotopic (exact) mass is 440 g/mol. The van der Waals surface area contributed by atoms with E-state index in [0.717, 1.165) is 10.4 Å². The summed E-state index contributed by atoms with van der Waals surface area (Å²) in [6, 6.07) is 18.3. The van der Waals surface area contributed by atoms with E-state index in [1.165, 1.54) is 18.4 Å². The number of methoxy groups -OCH3 is 1. The predicted molar refractivity (Wildman–Crippen MR) is 123 cm³/mol. The lowest BCUT2D eigenvalue weighted by atomic mass is 10.1. The van der Waals surface area contributed by atoms with Crippen molar-refractivity contribution in [1.82, 2.24) is 0 Å². The Bertz CT molecular complexity index is 1060. The number of ether oxygens (including phenoxy) is 2. The summed E-state index contributed by atoms with van der Waals surface area (Å²) < 4.78 is 9.92. The van der Waals surface area contributed by atoms with Gasteiger partial charge < -0.3 is 20.1 Å². The molecule has 0 amide bonds. The highest BCUT2D eigenvalue weighted by atomic mass is 32.1. The third-order valence-electron chi connectivity index (χ3n) is 4.05. The number of carbonyl (C=O) groups excluding carboxylic acids is 2. The average Bonchev–Trinajstić information content (AvgIpc) is 3.18. The summed E-state index contributed by atoms with van der Waals surface area (Å²) in [6.07, 6.45) is 0. The van der Waals surface area contributed by atoms with Gasteiger partial charge in [-0.1, -0.05) is 36.4 Å². The first-order valence-electron chi connectivity index (χ1n) is 9.14. The molecule has 0 fully saturated rings. The van der Waals surface area contributed by atoms with Crippen LogP contribution in [0.25, 0.3) is 10.4 Å². The summed E-state index contributed by atoms with van der Waals surface area (Å²) in [7, 11) is 1.33. The molecule has 30 heavy (non-hydrogen) atoms. The zero-order chi connectivity index (χ0) is 21.5. The lowest BCUT2D eigenvalue weighted by Crippen LogP contribution is -2.20. The van der Waals surface area contributed by atoms with Gasteiger partial charge in [0.15, 0.2) is 5.11 Å². The molecule has 0 aliphatic rings. The summed E-state index contributed by atoms with van der Waals surface area (Å²) in [5.74, 6) is -0.859. The summed E-state index contributed by atoms with van der Waals surface area (Å²) >= 11 is 6.81. The smallest absolute Gasteiger partial charge is 0.341 e. The number of hydrogen-bond donors (Lipinski definition) is 2. The molecule has 6 nitrogen and oxygen atoms in total. The zero-order valence-electron chi connectivity index (χ0n) is 16.4. The molecule has 0 radical (unpaired) electrons. The summed E-state index contributed by atoms with van der Waals surface area (Å²) in [5.41, 5.74) is 2.42. The number of benzene rings is 2. The first-order chi connectivity index (χ1) is 14.5. The Morgan fingerprint density at radius 2 is 1.77 bits per heavy atom. The van der Waals surface area contributed by atoms with Crippen LogP contribution in [0.3, 0.4) is 0 Å². The Balaban J connectivity index is 1.82. The standard InChI is InChI=1S/C22H20N2O4S2/c1-3-28-21(26)17-13-18(14-8-5-4-6-9-14)30-19(17)24-22(29)23-16-11-7-10-15(12-16)20(25)27-2/h4-13H,3H2,1-2H3,(H2,23,24,29). The van der Waals surface area contributed by atoms with Crippen molar-refractivity contribution in [2.75, 3.05) is 24.4 Å². The molecule has 154 valence electrons. The molecule has 0 aliphatic heterocycles. The predicted octanol–water partition coefficient (Wildman–Crippen LogP) is 5.19. The van der Waals surface area contributed by atoms with Gasteiger partial charge in [-0.3, -0.25) is 0 Å². The Morgan fingerprint density at radius 3 is 2.47 bits per heavy atom. The molecule has 0 spiro atoms. The van der Waals surface area contributed by atoms with Crippen LogP contribution in [-0.4, -0.2) is 30.8 Å². The minimum absolute atomic E-state index is 0.276. The van der Waals surface area contributed by atoms with E-state index in [4.69, 9.17) is 21.7 Å². The fourth-order valence-electron chi connectivity index (χ4n) is 2.70. The van der Waals surface area contributed by atoms with Crippen molar-refractivity contribution in [2.45, 2.75) is 6.92 Å². The van der Waals surface area contributed by atoms with E-state index >= 15 is 0 Å². The van der Waals surface area contributed by atoms with E-state index in [0.29, 0.717) is 21.8 Å². The van der Waals surface area contributed by atoms with Gasteiger partial charge in [-0.2, -0.15) is 0 Å². The summed E-state index contributed by atoms with van der Waals surface area (Å²) in [4.78, 5) is 25.1. The van der Waals surface area contributed by atoms with Crippen molar-refractivity contribution in [1.29, 1.82) is 0 Å². The fourth-order valence-corrected chi connectivity index (χ4v) is 4.04. The van der Waals surface area contributed by atoms with Crippen LogP contribution >= 0.6 is 23.6 Å². The Hall–Kier alpha value is -3.23. The second-order valence-corrected chi connectivity index (χ2v) is 7.55. The molecule has 8 heteroatoms. The molecule has 0 saturated carbocycles. The van der Waals surface area contributed by atoms with Crippen molar-refractivity contribution in [3.63, 3.8) is 0 Å². The molecule has 0 aliphatic carbocycles. The van der Waals surface area contributed by atoms with Crippen LogP contribution in [0.4, 0.5) is 10.7 Å². The van der Waals surface area contributed by atoms with E-state index in [9.17, 15) is 9.59 Å². The van der Waals surface area contributed by atoms with Gasteiger partial charge in [-0.25, -0.2) is 9.59 Å². The van der Waals surface area contributed by atoms with Crippen LogP contribution in [0, 0.1) is 0 Å². The second kappa shape index (κ2) is 10.00. The van der Waals surface area contributed by atoms with Gasteiger partial charge in [0.25, 0.3) is 0 Å². The van der Waals surface area contributed by atoms with Gasteiger partial charge in [0.05, 0.1) is 24.8 Å². The molecule has 0 unspecified atom stereocenters. The largest absolute Gasteiger partial charge is 0.465 e. The van der Waals surface area contributed by atoms with Crippen LogP contribution in [0.5, 0.6) is 0 Å². The maximum Gasteiger partial charge on any atom is 0.341 e. The van der Waals surface area contributed by atoms with E-state index in [2.05, 4.69) is 10.6 Å². The lowest BCUT2D eigenvalue weighted by molar-refractivity contribution is 0.0527. The highest BCUT2D eigenvalue weighted by molar-refractivity contribution is 7.80. The number of carbonyl (C=O) groups is 2. The van der Waals surface area contributed by atoms with Crippen molar-refractivity contribution < 1.29 is 19.1 Å². The van der Waals surface area contributed by atoms with Crippen molar-refractivity contribution >= 4 is 51.3 Å². The first kappa shape index (κ1) is 21.5. The molecule has 3 aromatic rings. The maximum atomic E-state index is 12.4. The average molecular weight is 441 g/mol. The molecule has 0 atom stereocenters. The highest BCUT2D eigenvalue weighted by Gasteiger charge is 2.19. The zero-order valence-corrected chi connectivity index (χ0v) is 18.1. The van der Waals surface area contributed by atoms with Gasteiger partial charge in [0, 0.05) is 10.6 Å². The van der Waals surface area contributed by atoms with Gasteiger partial charge >= 0.3 is 11.9 Å². The first-order valence-corrected chi connectivity index (χ1v) is 10.4. The van der Waals surface area contributed by atoms with Crippen LogP contribution in [-0.2, 0) is 9.47 Å². The summed E-state index contributed by atoms with van der Waals surface area (Å²) in [6.45, 7) is 2.04. The van der Waals surface area contributed by atoms with Gasteiger partial charge in [-0.05, 0) is 49.0 Å². The van der Waals surface area contributed by atoms with Crippen molar-refractivity contribution in [2.24, 2.45) is 0 Å². The molecule has 0 saturated heterocycles. The fraction of sp³-hybridized carbons (Fsp3) is 0.136. The third-order valence-corrected chi connectivity index (χ3v) is 5.36. The molecule has 2 aromatic carbocycles. The Labute approximate surface area is 183 Å².